The van der Waals surface area contributed by atoms with Crippen LogP contribution >= 0.6 is 11.6 Å². The summed E-state index contributed by atoms with van der Waals surface area (Å²) in [6.45, 7) is 2.04. The van der Waals surface area contributed by atoms with Gasteiger partial charge in [-0.25, -0.2) is 4.39 Å². The quantitative estimate of drug-likeness (QED) is 0.883. The van der Waals surface area contributed by atoms with Crippen LogP contribution in [0.25, 0.3) is 0 Å². The highest BCUT2D eigenvalue weighted by Gasteiger charge is 2.15. The minimum atomic E-state index is -0.671. The molecule has 1 N–H and O–H groups in total. The van der Waals surface area contributed by atoms with E-state index >= 15 is 0 Å². The van der Waals surface area contributed by atoms with Crippen molar-refractivity contribution < 1.29 is 9.50 Å². The number of aryl methyl sites for hydroxylation is 1. The maximum Gasteiger partial charge on any atom is 0.142 e. The average Bonchev–Trinajstić information content (AvgIpc) is 2.43. The molecule has 0 bridgehead atoms. The first-order chi connectivity index (χ1) is 9.13. The van der Waals surface area contributed by atoms with Crippen molar-refractivity contribution in [2.75, 3.05) is 0 Å². The number of benzene rings is 2. The molecule has 1 nitrogen and oxygen atoms in total. The van der Waals surface area contributed by atoms with Gasteiger partial charge in [0, 0.05) is 6.42 Å². The molecule has 0 fully saturated rings. The summed E-state index contributed by atoms with van der Waals surface area (Å²) in [6, 6.07) is 12.4. The largest absolute Gasteiger partial charge is 0.388 e. The fourth-order valence-corrected chi connectivity index (χ4v) is 2.41. The van der Waals surface area contributed by atoms with Gasteiger partial charge in [-0.15, -0.1) is 0 Å². The second-order valence-electron chi connectivity index (χ2n) is 4.49. The molecule has 2 aromatic rings. The van der Waals surface area contributed by atoms with Crippen LogP contribution in [0.4, 0.5) is 4.39 Å². The van der Waals surface area contributed by atoms with E-state index in [2.05, 4.69) is 0 Å². The average molecular weight is 279 g/mol. The molecule has 3 heteroatoms. The highest BCUT2D eigenvalue weighted by molar-refractivity contribution is 6.31. The number of rotatable bonds is 4. The van der Waals surface area contributed by atoms with E-state index in [1.807, 2.05) is 31.2 Å². The molecule has 0 aliphatic heterocycles. The van der Waals surface area contributed by atoms with Crippen molar-refractivity contribution in [3.05, 3.63) is 70.0 Å². The summed E-state index contributed by atoms with van der Waals surface area (Å²) >= 11 is 5.91. The molecule has 0 saturated carbocycles. The molecule has 0 spiro atoms. The van der Waals surface area contributed by atoms with E-state index in [-0.39, 0.29) is 5.02 Å². The Morgan fingerprint density at radius 1 is 1.11 bits per heavy atom. The molecule has 0 amide bonds. The first kappa shape index (κ1) is 14.0. The summed E-state index contributed by atoms with van der Waals surface area (Å²) in [5.74, 6) is -0.449. The molecule has 0 radical (unpaired) electrons. The van der Waals surface area contributed by atoms with Gasteiger partial charge in [0.25, 0.3) is 0 Å². The van der Waals surface area contributed by atoms with Crippen LogP contribution in [-0.2, 0) is 12.8 Å². The minimum Gasteiger partial charge on any atom is -0.388 e. The van der Waals surface area contributed by atoms with Gasteiger partial charge in [-0.2, -0.15) is 0 Å². The van der Waals surface area contributed by atoms with Gasteiger partial charge in [-0.1, -0.05) is 54.9 Å². The molecule has 1 atom stereocenters. The zero-order valence-corrected chi connectivity index (χ0v) is 11.5. The van der Waals surface area contributed by atoms with E-state index in [4.69, 9.17) is 11.6 Å². The highest BCUT2D eigenvalue weighted by atomic mass is 35.5. The maximum absolute atomic E-state index is 13.4. The van der Waals surface area contributed by atoms with Gasteiger partial charge >= 0.3 is 0 Å². The monoisotopic (exact) mass is 278 g/mol. The second kappa shape index (κ2) is 6.18. The topological polar surface area (TPSA) is 20.2 Å². The molecular weight excluding hydrogens is 263 g/mol. The minimum absolute atomic E-state index is 0.0931. The predicted molar refractivity (Wildman–Crippen MR) is 75.9 cm³/mol. The third-order valence-corrected chi connectivity index (χ3v) is 3.66. The van der Waals surface area contributed by atoms with Gasteiger partial charge in [0.2, 0.25) is 0 Å². The van der Waals surface area contributed by atoms with Gasteiger partial charge < -0.3 is 5.11 Å². The fourth-order valence-electron chi connectivity index (χ4n) is 2.21. The van der Waals surface area contributed by atoms with Crippen LogP contribution in [-0.4, -0.2) is 5.11 Å². The van der Waals surface area contributed by atoms with E-state index in [0.717, 1.165) is 17.5 Å². The summed E-state index contributed by atoms with van der Waals surface area (Å²) in [5, 5.41) is 10.4. The third kappa shape index (κ3) is 3.14. The smallest absolute Gasteiger partial charge is 0.142 e. The van der Waals surface area contributed by atoms with Crippen molar-refractivity contribution >= 4 is 11.6 Å². The summed E-state index contributed by atoms with van der Waals surface area (Å²) < 4.78 is 13.4. The lowest BCUT2D eigenvalue weighted by atomic mass is 9.96. The number of aliphatic hydroxyl groups excluding tert-OH is 1. The summed E-state index contributed by atoms with van der Waals surface area (Å²) in [6.07, 6.45) is 0.494. The van der Waals surface area contributed by atoms with Gasteiger partial charge in [0.15, 0.2) is 0 Å². The second-order valence-corrected chi connectivity index (χ2v) is 4.86. The number of hydrogen-bond acceptors (Lipinski definition) is 1. The van der Waals surface area contributed by atoms with Gasteiger partial charge in [0.05, 0.1) is 11.1 Å². The highest BCUT2D eigenvalue weighted by Crippen LogP contribution is 2.27. The molecule has 0 aliphatic carbocycles. The van der Waals surface area contributed by atoms with E-state index < -0.39 is 11.9 Å². The molecule has 0 aliphatic rings. The number of halogens is 2. The van der Waals surface area contributed by atoms with Crippen molar-refractivity contribution in [1.82, 2.24) is 0 Å². The van der Waals surface area contributed by atoms with Crippen molar-refractivity contribution in [2.45, 2.75) is 25.9 Å². The lowest BCUT2D eigenvalue weighted by Crippen LogP contribution is -2.05. The van der Waals surface area contributed by atoms with E-state index in [1.165, 1.54) is 6.07 Å². The Balaban J connectivity index is 2.26. The third-order valence-electron chi connectivity index (χ3n) is 3.24. The van der Waals surface area contributed by atoms with Crippen LogP contribution in [0.1, 0.15) is 29.7 Å². The lowest BCUT2D eigenvalue weighted by Gasteiger charge is -2.15. The first-order valence-electron chi connectivity index (χ1n) is 6.32. The normalized spacial score (nSPS) is 12.4. The Kier molecular flexibility index (Phi) is 4.56. The Hall–Kier alpha value is -1.38. The molecule has 1 unspecified atom stereocenters. The summed E-state index contributed by atoms with van der Waals surface area (Å²) in [7, 11) is 0. The van der Waals surface area contributed by atoms with Crippen LogP contribution in [0.3, 0.4) is 0 Å². The molecule has 0 aromatic heterocycles. The van der Waals surface area contributed by atoms with E-state index in [1.54, 1.807) is 12.1 Å². The SMILES string of the molecule is CCc1ccccc1C(O)Cc1cccc(F)c1Cl. The van der Waals surface area contributed by atoms with Crippen molar-refractivity contribution in [1.29, 1.82) is 0 Å². The Morgan fingerprint density at radius 2 is 1.79 bits per heavy atom. The van der Waals surface area contributed by atoms with Crippen LogP contribution in [0.2, 0.25) is 5.02 Å². The van der Waals surface area contributed by atoms with Crippen LogP contribution in [0.5, 0.6) is 0 Å². The molecule has 0 heterocycles. The maximum atomic E-state index is 13.4. The zero-order chi connectivity index (χ0) is 13.8. The fraction of sp³-hybridized carbons (Fsp3) is 0.250. The van der Waals surface area contributed by atoms with Crippen molar-refractivity contribution in [2.24, 2.45) is 0 Å². The number of aliphatic hydroxyl groups is 1. The van der Waals surface area contributed by atoms with Crippen LogP contribution in [0.15, 0.2) is 42.5 Å². The van der Waals surface area contributed by atoms with Gasteiger partial charge in [0.1, 0.15) is 5.82 Å². The predicted octanol–water partition coefficient (Wildman–Crippen LogP) is 4.32. The van der Waals surface area contributed by atoms with Gasteiger partial charge in [-0.3, -0.25) is 0 Å². The summed E-state index contributed by atoms with van der Waals surface area (Å²) in [4.78, 5) is 0. The molecule has 0 saturated heterocycles. The van der Waals surface area contributed by atoms with Crippen LogP contribution < -0.4 is 0 Å². The van der Waals surface area contributed by atoms with Gasteiger partial charge in [-0.05, 0) is 29.2 Å². The van der Waals surface area contributed by atoms with Crippen LogP contribution in [0, 0.1) is 5.82 Å². The first-order valence-corrected chi connectivity index (χ1v) is 6.70. The lowest BCUT2D eigenvalue weighted by molar-refractivity contribution is 0.177. The Bertz CT molecular complexity index is 568. The molecule has 2 aromatic carbocycles. The molecular formula is C16H16ClFO. The number of hydrogen-bond donors (Lipinski definition) is 1. The zero-order valence-electron chi connectivity index (χ0n) is 10.7. The Morgan fingerprint density at radius 3 is 2.53 bits per heavy atom. The molecule has 19 heavy (non-hydrogen) atoms. The standard InChI is InChI=1S/C16H16ClFO/c1-2-11-6-3-4-8-13(11)15(19)10-12-7-5-9-14(18)16(12)17/h3-9,15,19H,2,10H2,1H3. The molecule has 100 valence electrons. The van der Waals surface area contributed by atoms with Crippen molar-refractivity contribution in [3.63, 3.8) is 0 Å². The molecule has 2 rings (SSSR count). The Labute approximate surface area is 117 Å². The van der Waals surface area contributed by atoms with E-state index in [9.17, 15) is 9.50 Å². The van der Waals surface area contributed by atoms with Crippen molar-refractivity contribution in [3.8, 4) is 0 Å². The summed E-state index contributed by atoms with van der Waals surface area (Å²) in [5.41, 5.74) is 2.60. The van der Waals surface area contributed by atoms with E-state index in [0.29, 0.717) is 12.0 Å².